The van der Waals surface area contributed by atoms with Gasteiger partial charge in [0.05, 0.1) is 30.5 Å². The third-order valence-electron chi connectivity index (χ3n) is 4.99. The number of anilines is 2. The lowest BCUT2D eigenvalue weighted by Crippen LogP contribution is -2.33. The van der Waals surface area contributed by atoms with Gasteiger partial charge in [0.1, 0.15) is 0 Å². The van der Waals surface area contributed by atoms with E-state index in [1.165, 1.54) is 7.11 Å². The van der Waals surface area contributed by atoms with Crippen LogP contribution < -0.4 is 11.1 Å². The molecule has 0 aliphatic rings. The number of rotatable bonds is 6. The first kappa shape index (κ1) is 19.8. The number of methoxy groups -OCH3 is 1. The van der Waals surface area contributed by atoms with Gasteiger partial charge in [-0.05, 0) is 55.2 Å². The fourth-order valence-corrected chi connectivity index (χ4v) is 3.44. The van der Waals surface area contributed by atoms with Crippen molar-refractivity contribution in [3.63, 3.8) is 0 Å². The number of hydrogen-bond donors (Lipinski definition) is 3. The van der Waals surface area contributed by atoms with Gasteiger partial charge >= 0.3 is 5.97 Å². The zero-order valence-corrected chi connectivity index (χ0v) is 16.1. The molecular formula is C21H28N2O3. The van der Waals surface area contributed by atoms with E-state index < -0.39 is 5.41 Å². The first-order chi connectivity index (χ1) is 12.3. The van der Waals surface area contributed by atoms with Crippen LogP contribution in [0.2, 0.25) is 0 Å². The molecule has 0 aliphatic heterocycles. The Hall–Kier alpha value is -2.53. The summed E-state index contributed by atoms with van der Waals surface area (Å²) in [6.45, 7) is 5.63. The lowest BCUT2D eigenvalue weighted by Gasteiger charge is -2.33. The number of ether oxygens (including phenoxy) is 1. The standard InChI is InChI=1S/C21H28N2O3/c1-13-6-7-14(10-16(13)12-24)19(21(2,3)20(25)26-5)15-8-9-18(23-4)17(22)11-15/h6-11,19,23-24H,12,22H2,1-5H3. The second-order valence-corrected chi connectivity index (χ2v) is 7.09. The van der Waals surface area contributed by atoms with Gasteiger partial charge in [0.15, 0.2) is 0 Å². The average molecular weight is 356 g/mol. The topological polar surface area (TPSA) is 84.6 Å². The van der Waals surface area contributed by atoms with Crippen molar-refractivity contribution in [3.05, 3.63) is 58.7 Å². The van der Waals surface area contributed by atoms with E-state index in [1.54, 1.807) is 0 Å². The highest BCUT2D eigenvalue weighted by atomic mass is 16.5. The number of carbonyl (C=O) groups is 1. The Labute approximate surface area is 155 Å². The minimum Gasteiger partial charge on any atom is -0.469 e. The zero-order valence-electron chi connectivity index (χ0n) is 16.1. The number of nitrogen functional groups attached to an aromatic ring is 1. The van der Waals surface area contributed by atoms with E-state index in [0.29, 0.717) is 5.69 Å². The Bertz CT molecular complexity index is 800. The average Bonchev–Trinajstić information content (AvgIpc) is 2.62. The molecule has 0 saturated heterocycles. The number of carbonyl (C=O) groups excluding carboxylic acids is 1. The van der Waals surface area contributed by atoms with Crippen LogP contribution in [0.1, 0.15) is 42.0 Å². The van der Waals surface area contributed by atoms with E-state index in [2.05, 4.69) is 5.32 Å². The minimum atomic E-state index is -0.815. The van der Waals surface area contributed by atoms with Gasteiger partial charge in [0, 0.05) is 13.0 Å². The predicted octanol–water partition coefficient (Wildman–Crippen LogP) is 3.44. The van der Waals surface area contributed by atoms with Gasteiger partial charge in [-0.1, -0.05) is 24.3 Å². The number of nitrogens with two attached hydrogens (primary N) is 1. The molecule has 4 N–H and O–H groups in total. The summed E-state index contributed by atoms with van der Waals surface area (Å²) in [7, 11) is 3.21. The number of aryl methyl sites for hydroxylation is 1. The molecule has 140 valence electrons. The van der Waals surface area contributed by atoms with Crippen molar-refractivity contribution in [2.24, 2.45) is 5.41 Å². The highest BCUT2D eigenvalue weighted by molar-refractivity contribution is 5.79. The largest absolute Gasteiger partial charge is 0.469 e. The second kappa shape index (κ2) is 7.79. The summed E-state index contributed by atoms with van der Waals surface area (Å²) in [4.78, 5) is 12.5. The van der Waals surface area contributed by atoms with E-state index in [9.17, 15) is 9.90 Å². The number of aliphatic hydroxyl groups is 1. The monoisotopic (exact) mass is 356 g/mol. The molecule has 2 aromatic carbocycles. The van der Waals surface area contributed by atoms with Crippen LogP contribution in [0.25, 0.3) is 0 Å². The summed E-state index contributed by atoms with van der Waals surface area (Å²) in [5, 5.41) is 12.7. The molecule has 0 saturated carbocycles. The Morgan fingerprint density at radius 1 is 1.23 bits per heavy atom. The SMILES string of the molecule is CNc1ccc(C(c2ccc(C)c(CO)c2)C(C)(C)C(=O)OC)cc1N. The van der Waals surface area contributed by atoms with Crippen molar-refractivity contribution >= 4 is 17.3 Å². The Kier molecular flexibility index (Phi) is 5.93. The van der Waals surface area contributed by atoms with E-state index in [-0.39, 0.29) is 18.5 Å². The molecule has 0 aromatic heterocycles. The normalized spacial score (nSPS) is 12.5. The molecule has 2 rings (SSSR count). The molecule has 1 unspecified atom stereocenters. The summed E-state index contributed by atoms with van der Waals surface area (Å²) in [6, 6.07) is 11.7. The molecule has 26 heavy (non-hydrogen) atoms. The Balaban J connectivity index is 2.67. The van der Waals surface area contributed by atoms with E-state index >= 15 is 0 Å². The molecule has 0 radical (unpaired) electrons. The maximum absolute atomic E-state index is 12.5. The predicted molar refractivity (Wildman–Crippen MR) is 105 cm³/mol. The second-order valence-electron chi connectivity index (χ2n) is 7.09. The fraction of sp³-hybridized carbons (Fsp3) is 0.381. The van der Waals surface area contributed by atoms with E-state index in [4.69, 9.17) is 10.5 Å². The quantitative estimate of drug-likeness (QED) is 0.545. The van der Waals surface area contributed by atoms with E-state index in [0.717, 1.165) is 27.9 Å². The third kappa shape index (κ3) is 3.68. The molecular weight excluding hydrogens is 328 g/mol. The maximum atomic E-state index is 12.5. The van der Waals surface area contributed by atoms with Crippen LogP contribution in [0.4, 0.5) is 11.4 Å². The van der Waals surface area contributed by atoms with Crippen molar-refractivity contribution in [1.82, 2.24) is 0 Å². The molecule has 0 aliphatic carbocycles. The van der Waals surface area contributed by atoms with Crippen LogP contribution in [0.5, 0.6) is 0 Å². The van der Waals surface area contributed by atoms with Gasteiger partial charge in [-0.25, -0.2) is 0 Å². The van der Waals surface area contributed by atoms with Crippen molar-refractivity contribution < 1.29 is 14.6 Å². The van der Waals surface area contributed by atoms with Crippen LogP contribution in [-0.4, -0.2) is 25.2 Å². The van der Waals surface area contributed by atoms with Crippen molar-refractivity contribution in [1.29, 1.82) is 0 Å². The highest BCUT2D eigenvalue weighted by Crippen LogP contribution is 2.43. The van der Waals surface area contributed by atoms with Crippen molar-refractivity contribution in [2.45, 2.75) is 33.3 Å². The molecule has 0 heterocycles. The molecule has 0 bridgehead atoms. The zero-order chi connectivity index (χ0) is 19.5. The van der Waals surface area contributed by atoms with E-state index in [1.807, 2.05) is 64.2 Å². The van der Waals surface area contributed by atoms with Crippen LogP contribution in [0.15, 0.2) is 36.4 Å². The summed E-state index contributed by atoms with van der Waals surface area (Å²) in [5.41, 5.74) is 10.5. The lowest BCUT2D eigenvalue weighted by atomic mass is 9.70. The first-order valence-corrected chi connectivity index (χ1v) is 8.62. The van der Waals surface area contributed by atoms with Gasteiger partial charge in [-0.2, -0.15) is 0 Å². The van der Waals surface area contributed by atoms with Crippen molar-refractivity contribution in [3.8, 4) is 0 Å². The van der Waals surface area contributed by atoms with Crippen LogP contribution >= 0.6 is 0 Å². The Morgan fingerprint density at radius 2 is 1.85 bits per heavy atom. The molecule has 2 aromatic rings. The molecule has 0 amide bonds. The minimum absolute atomic E-state index is 0.0497. The van der Waals surface area contributed by atoms with Crippen LogP contribution in [-0.2, 0) is 16.1 Å². The summed E-state index contributed by atoms with van der Waals surface area (Å²) < 4.78 is 5.06. The fourth-order valence-electron chi connectivity index (χ4n) is 3.44. The summed E-state index contributed by atoms with van der Waals surface area (Å²) in [6.07, 6.45) is 0. The number of hydrogen-bond acceptors (Lipinski definition) is 5. The van der Waals surface area contributed by atoms with Gasteiger partial charge in [0.25, 0.3) is 0 Å². The van der Waals surface area contributed by atoms with Gasteiger partial charge in [-0.15, -0.1) is 0 Å². The molecule has 5 heteroatoms. The maximum Gasteiger partial charge on any atom is 0.312 e. The lowest BCUT2D eigenvalue weighted by molar-refractivity contribution is -0.151. The number of aliphatic hydroxyl groups excluding tert-OH is 1. The highest BCUT2D eigenvalue weighted by Gasteiger charge is 2.40. The number of nitrogens with one attached hydrogen (secondary N) is 1. The molecule has 0 fully saturated rings. The van der Waals surface area contributed by atoms with Crippen LogP contribution in [0, 0.1) is 12.3 Å². The third-order valence-corrected chi connectivity index (χ3v) is 4.99. The van der Waals surface area contributed by atoms with Gasteiger partial charge < -0.3 is 20.9 Å². The Morgan fingerprint density at radius 3 is 2.38 bits per heavy atom. The molecule has 0 spiro atoms. The number of benzene rings is 2. The van der Waals surface area contributed by atoms with Gasteiger partial charge in [0.2, 0.25) is 0 Å². The molecule has 5 nitrogen and oxygen atoms in total. The smallest absolute Gasteiger partial charge is 0.312 e. The summed E-state index contributed by atoms with van der Waals surface area (Å²) in [5.74, 6) is -0.570. The van der Waals surface area contributed by atoms with Crippen LogP contribution in [0.3, 0.4) is 0 Å². The number of esters is 1. The summed E-state index contributed by atoms with van der Waals surface area (Å²) >= 11 is 0. The van der Waals surface area contributed by atoms with Gasteiger partial charge in [-0.3, -0.25) is 4.79 Å². The van der Waals surface area contributed by atoms with Crippen molar-refractivity contribution in [2.75, 3.05) is 25.2 Å². The first-order valence-electron chi connectivity index (χ1n) is 8.62. The molecule has 1 atom stereocenters.